The van der Waals surface area contributed by atoms with Crippen LogP contribution in [0.1, 0.15) is 31.2 Å². The maximum Gasteiger partial charge on any atom is 0.0701 e. The fraction of sp³-hybridized carbons (Fsp3) is 0.375. The van der Waals surface area contributed by atoms with Crippen LogP contribution < -0.4 is 5.32 Å². The molecule has 0 saturated heterocycles. The van der Waals surface area contributed by atoms with Crippen LogP contribution in [0.5, 0.6) is 0 Å². The van der Waals surface area contributed by atoms with Gasteiger partial charge in [-0.15, -0.1) is 23.1 Å². The third kappa shape index (κ3) is 3.80. The lowest BCUT2D eigenvalue weighted by Gasteiger charge is -2.14. The molecule has 4 heteroatoms. The molecule has 3 rings (SSSR count). The van der Waals surface area contributed by atoms with Crippen LogP contribution in [-0.2, 0) is 6.54 Å². The first-order valence-electron chi connectivity index (χ1n) is 7.04. The van der Waals surface area contributed by atoms with Gasteiger partial charge >= 0.3 is 0 Å². The highest BCUT2D eigenvalue weighted by Crippen LogP contribution is 2.38. The highest BCUT2D eigenvalue weighted by molar-refractivity contribution is 9.11. The second kappa shape index (κ2) is 7.01. The van der Waals surface area contributed by atoms with Crippen molar-refractivity contribution in [2.24, 2.45) is 0 Å². The summed E-state index contributed by atoms with van der Waals surface area (Å²) in [7, 11) is 0. The molecule has 20 heavy (non-hydrogen) atoms. The molecule has 0 unspecified atom stereocenters. The summed E-state index contributed by atoms with van der Waals surface area (Å²) in [6.45, 7) is 0.893. The Balaban J connectivity index is 1.65. The standard InChI is InChI=1S/C16H18BrNS2/c17-16-9-12(11-19-16)10-18-14-7-3-4-8-15(14)20-13-5-1-2-6-13/h3-4,7-9,11,13,18H,1-2,5-6,10H2. The summed E-state index contributed by atoms with van der Waals surface area (Å²) in [5.74, 6) is 0. The van der Waals surface area contributed by atoms with E-state index < -0.39 is 0 Å². The van der Waals surface area contributed by atoms with Crippen molar-refractivity contribution in [3.8, 4) is 0 Å². The van der Waals surface area contributed by atoms with Crippen LogP contribution >= 0.6 is 39.0 Å². The zero-order chi connectivity index (χ0) is 13.8. The third-order valence-corrected chi connectivity index (χ3v) is 6.56. The molecule has 1 heterocycles. The lowest BCUT2D eigenvalue weighted by molar-refractivity contribution is 0.886. The first-order chi connectivity index (χ1) is 9.81. The van der Waals surface area contributed by atoms with E-state index in [2.05, 4.69) is 57.0 Å². The predicted octanol–water partition coefficient (Wildman–Crippen LogP) is 6.16. The van der Waals surface area contributed by atoms with Gasteiger partial charge < -0.3 is 5.32 Å². The highest BCUT2D eigenvalue weighted by atomic mass is 79.9. The van der Waals surface area contributed by atoms with E-state index in [1.165, 1.54) is 45.6 Å². The monoisotopic (exact) mass is 367 g/mol. The summed E-state index contributed by atoms with van der Waals surface area (Å²) >= 11 is 7.31. The fourth-order valence-electron chi connectivity index (χ4n) is 2.54. The normalized spacial score (nSPS) is 15.7. The van der Waals surface area contributed by atoms with Crippen molar-refractivity contribution in [3.63, 3.8) is 0 Å². The van der Waals surface area contributed by atoms with Gasteiger partial charge in [-0.05, 0) is 57.9 Å². The maximum atomic E-state index is 3.58. The first kappa shape index (κ1) is 14.5. The number of anilines is 1. The summed E-state index contributed by atoms with van der Waals surface area (Å²) in [5, 5.41) is 6.59. The summed E-state index contributed by atoms with van der Waals surface area (Å²) < 4.78 is 1.20. The van der Waals surface area contributed by atoms with Gasteiger partial charge in [0.2, 0.25) is 0 Å². The molecule has 1 aliphatic carbocycles. The smallest absolute Gasteiger partial charge is 0.0701 e. The van der Waals surface area contributed by atoms with Gasteiger partial charge in [0.05, 0.1) is 3.79 Å². The van der Waals surface area contributed by atoms with E-state index >= 15 is 0 Å². The lowest BCUT2D eigenvalue weighted by atomic mass is 10.3. The van der Waals surface area contributed by atoms with Crippen molar-refractivity contribution in [2.75, 3.05) is 5.32 Å². The van der Waals surface area contributed by atoms with Crippen LogP contribution in [0.15, 0.2) is 44.4 Å². The van der Waals surface area contributed by atoms with Crippen molar-refractivity contribution in [2.45, 2.75) is 42.4 Å². The highest BCUT2D eigenvalue weighted by Gasteiger charge is 2.17. The Labute approximate surface area is 137 Å². The molecule has 1 aromatic heterocycles. The topological polar surface area (TPSA) is 12.0 Å². The Morgan fingerprint density at radius 1 is 1.25 bits per heavy atom. The van der Waals surface area contributed by atoms with Crippen LogP contribution in [0, 0.1) is 0 Å². The largest absolute Gasteiger partial charge is 0.380 e. The van der Waals surface area contributed by atoms with Crippen molar-refractivity contribution < 1.29 is 0 Å². The number of benzene rings is 1. The van der Waals surface area contributed by atoms with Crippen molar-refractivity contribution >= 4 is 44.7 Å². The molecule has 1 N–H and O–H groups in total. The van der Waals surface area contributed by atoms with Gasteiger partial charge in [-0.25, -0.2) is 0 Å². The Kier molecular flexibility index (Phi) is 5.08. The molecule has 0 atom stereocenters. The van der Waals surface area contributed by atoms with Crippen molar-refractivity contribution in [1.29, 1.82) is 0 Å². The molecule has 0 bridgehead atoms. The molecule has 0 aliphatic heterocycles. The van der Waals surface area contributed by atoms with Crippen LogP contribution in [0.4, 0.5) is 5.69 Å². The Bertz CT molecular complexity index is 561. The first-order valence-corrected chi connectivity index (χ1v) is 9.59. The zero-order valence-electron chi connectivity index (χ0n) is 11.3. The SMILES string of the molecule is Brc1cc(CNc2ccccc2SC2CCCC2)cs1. The molecule has 0 radical (unpaired) electrons. The number of hydrogen-bond acceptors (Lipinski definition) is 3. The number of rotatable bonds is 5. The molecular weight excluding hydrogens is 350 g/mol. The lowest BCUT2D eigenvalue weighted by Crippen LogP contribution is -2.01. The Hall–Kier alpha value is -0.450. The quantitative estimate of drug-likeness (QED) is 0.679. The van der Waals surface area contributed by atoms with E-state index in [0.29, 0.717) is 0 Å². The number of thiophene rings is 1. The molecule has 0 amide bonds. The van der Waals surface area contributed by atoms with Crippen LogP contribution in [0.2, 0.25) is 0 Å². The number of thioether (sulfide) groups is 1. The predicted molar refractivity (Wildman–Crippen MR) is 93.9 cm³/mol. The van der Waals surface area contributed by atoms with E-state index in [0.717, 1.165) is 11.8 Å². The minimum absolute atomic E-state index is 0.813. The number of hydrogen-bond donors (Lipinski definition) is 1. The average molecular weight is 368 g/mol. The Morgan fingerprint density at radius 3 is 2.80 bits per heavy atom. The molecule has 1 aromatic carbocycles. The molecule has 1 nitrogen and oxygen atoms in total. The minimum Gasteiger partial charge on any atom is -0.380 e. The minimum atomic E-state index is 0.813. The van der Waals surface area contributed by atoms with E-state index in [1.807, 2.05) is 11.8 Å². The number of nitrogens with one attached hydrogen (secondary N) is 1. The van der Waals surface area contributed by atoms with Gasteiger partial charge in [-0.1, -0.05) is 25.0 Å². The summed E-state index contributed by atoms with van der Waals surface area (Å²) in [6, 6.07) is 10.9. The second-order valence-electron chi connectivity index (χ2n) is 5.13. The fourth-order valence-corrected chi connectivity index (χ4v) is 5.10. The van der Waals surface area contributed by atoms with Crippen LogP contribution in [-0.4, -0.2) is 5.25 Å². The maximum absolute atomic E-state index is 3.58. The average Bonchev–Trinajstić information content (AvgIpc) is 3.10. The van der Waals surface area contributed by atoms with E-state index in [-0.39, 0.29) is 0 Å². The number of halogens is 1. The molecule has 106 valence electrons. The molecule has 0 spiro atoms. The summed E-state index contributed by atoms with van der Waals surface area (Å²) in [4.78, 5) is 1.40. The van der Waals surface area contributed by atoms with Crippen LogP contribution in [0.3, 0.4) is 0 Å². The molecule has 2 aromatic rings. The van der Waals surface area contributed by atoms with E-state index in [4.69, 9.17) is 0 Å². The second-order valence-corrected chi connectivity index (χ2v) is 8.77. The third-order valence-electron chi connectivity index (χ3n) is 3.59. The van der Waals surface area contributed by atoms with Gasteiger partial charge in [0, 0.05) is 22.4 Å². The van der Waals surface area contributed by atoms with Crippen LogP contribution in [0.25, 0.3) is 0 Å². The van der Waals surface area contributed by atoms with Gasteiger partial charge in [0.25, 0.3) is 0 Å². The Morgan fingerprint density at radius 2 is 2.05 bits per heavy atom. The summed E-state index contributed by atoms with van der Waals surface area (Å²) in [5.41, 5.74) is 2.61. The van der Waals surface area contributed by atoms with Gasteiger partial charge in [0.15, 0.2) is 0 Å². The van der Waals surface area contributed by atoms with E-state index in [1.54, 1.807) is 11.3 Å². The molecular formula is C16H18BrNS2. The van der Waals surface area contributed by atoms with Gasteiger partial charge in [-0.3, -0.25) is 0 Å². The van der Waals surface area contributed by atoms with Gasteiger partial charge in [0.1, 0.15) is 0 Å². The van der Waals surface area contributed by atoms with E-state index in [9.17, 15) is 0 Å². The number of para-hydroxylation sites is 1. The molecule has 1 saturated carbocycles. The molecule has 1 fully saturated rings. The zero-order valence-corrected chi connectivity index (χ0v) is 14.5. The van der Waals surface area contributed by atoms with Crippen molar-refractivity contribution in [1.82, 2.24) is 0 Å². The van der Waals surface area contributed by atoms with Crippen molar-refractivity contribution in [3.05, 3.63) is 45.1 Å². The molecule has 1 aliphatic rings. The van der Waals surface area contributed by atoms with Gasteiger partial charge in [-0.2, -0.15) is 0 Å². The summed E-state index contributed by atoms with van der Waals surface area (Å²) in [6.07, 6.45) is 5.54.